The highest BCUT2D eigenvalue weighted by molar-refractivity contribution is 14.0. The van der Waals surface area contributed by atoms with Gasteiger partial charge in [0.15, 0.2) is 5.96 Å². The van der Waals surface area contributed by atoms with Gasteiger partial charge in [0.25, 0.3) is 0 Å². The average molecular weight is 424 g/mol. The van der Waals surface area contributed by atoms with E-state index in [9.17, 15) is 8.42 Å². The summed E-state index contributed by atoms with van der Waals surface area (Å²) in [5, 5.41) is 7.36. The number of hydrogen-bond donors (Lipinski definition) is 2. The van der Waals surface area contributed by atoms with Crippen LogP contribution in [-0.4, -0.2) is 49.8 Å². The van der Waals surface area contributed by atoms with E-state index < -0.39 is 10.0 Å². The predicted octanol–water partition coefficient (Wildman–Crippen LogP) is 1.12. The molecule has 0 aromatic heterocycles. The summed E-state index contributed by atoms with van der Waals surface area (Å²) in [4.78, 5) is 2.00. The number of benzene rings is 1. The maximum absolute atomic E-state index is 12.5. The first-order chi connectivity index (χ1) is 9.32. The molecule has 1 aliphatic rings. The Hall–Kier alpha value is -0.870. The summed E-state index contributed by atoms with van der Waals surface area (Å²) in [5.74, 6) is -0.00627. The van der Waals surface area contributed by atoms with Crippen LogP contribution in [0.5, 0.6) is 0 Å². The molecule has 1 fully saturated rings. The van der Waals surface area contributed by atoms with Crippen molar-refractivity contribution in [1.29, 1.82) is 5.41 Å². The zero-order chi connectivity index (χ0) is 14.9. The first kappa shape index (κ1) is 18.2. The first-order valence-electron chi connectivity index (χ1n) is 6.49. The van der Waals surface area contributed by atoms with Crippen molar-refractivity contribution in [1.82, 2.24) is 9.21 Å². The highest BCUT2D eigenvalue weighted by Crippen LogP contribution is 2.20. The fourth-order valence-corrected chi connectivity index (χ4v) is 3.70. The molecule has 2 rings (SSSR count). The summed E-state index contributed by atoms with van der Waals surface area (Å²) in [6, 6.07) is 5.19. The van der Waals surface area contributed by atoms with Crippen LogP contribution in [0.1, 0.15) is 11.1 Å². The molecule has 0 radical (unpaired) electrons. The molecule has 0 bridgehead atoms. The Balaban J connectivity index is 0.00000220. The van der Waals surface area contributed by atoms with Gasteiger partial charge in [-0.25, -0.2) is 8.42 Å². The average Bonchev–Trinajstić information content (AvgIpc) is 2.41. The van der Waals surface area contributed by atoms with Gasteiger partial charge in [0, 0.05) is 26.2 Å². The second-order valence-electron chi connectivity index (χ2n) is 5.02. The van der Waals surface area contributed by atoms with Crippen LogP contribution in [0.15, 0.2) is 23.1 Å². The number of rotatable bonds is 2. The van der Waals surface area contributed by atoms with E-state index in [-0.39, 0.29) is 29.9 Å². The fourth-order valence-electron chi connectivity index (χ4n) is 2.19. The van der Waals surface area contributed by atoms with E-state index in [4.69, 9.17) is 11.1 Å². The van der Waals surface area contributed by atoms with E-state index in [0.717, 1.165) is 11.1 Å². The number of guanidine groups is 1. The van der Waals surface area contributed by atoms with Crippen molar-refractivity contribution < 1.29 is 8.42 Å². The minimum absolute atomic E-state index is 0. The number of piperazine rings is 1. The van der Waals surface area contributed by atoms with E-state index in [2.05, 4.69) is 0 Å². The lowest BCUT2D eigenvalue weighted by molar-refractivity contribution is 0.263. The van der Waals surface area contributed by atoms with Crippen molar-refractivity contribution >= 4 is 40.0 Å². The van der Waals surface area contributed by atoms with Crippen LogP contribution in [-0.2, 0) is 10.0 Å². The molecule has 0 spiro atoms. The van der Waals surface area contributed by atoms with Gasteiger partial charge in [0.1, 0.15) is 0 Å². The smallest absolute Gasteiger partial charge is 0.243 e. The number of nitrogens with one attached hydrogen (secondary N) is 1. The maximum atomic E-state index is 12.5. The van der Waals surface area contributed by atoms with Crippen molar-refractivity contribution in [2.24, 2.45) is 5.73 Å². The van der Waals surface area contributed by atoms with Crippen molar-refractivity contribution in [2.45, 2.75) is 18.7 Å². The summed E-state index contributed by atoms with van der Waals surface area (Å²) < 4.78 is 26.6. The summed E-state index contributed by atoms with van der Waals surface area (Å²) in [6.45, 7) is 5.49. The van der Waals surface area contributed by atoms with E-state index in [1.54, 1.807) is 17.0 Å². The molecule has 118 valence electrons. The molecule has 8 heteroatoms. The summed E-state index contributed by atoms with van der Waals surface area (Å²) >= 11 is 0. The number of aryl methyl sites for hydroxylation is 2. The highest BCUT2D eigenvalue weighted by atomic mass is 127. The number of halogens is 1. The van der Waals surface area contributed by atoms with Crippen LogP contribution in [0.2, 0.25) is 0 Å². The van der Waals surface area contributed by atoms with E-state index in [1.165, 1.54) is 4.31 Å². The maximum Gasteiger partial charge on any atom is 0.243 e. The van der Waals surface area contributed by atoms with Crippen molar-refractivity contribution in [2.75, 3.05) is 26.2 Å². The quantitative estimate of drug-likeness (QED) is 0.423. The number of nitrogens with zero attached hydrogens (tertiary/aromatic N) is 2. The van der Waals surface area contributed by atoms with Crippen molar-refractivity contribution in [3.05, 3.63) is 29.3 Å². The van der Waals surface area contributed by atoms with E-state index in [1.807, 2.05) is 19.9 Å². The van der Waals surface area contributed by atoms with Gasteiger partial charge in [-0.2, -0.15) is 4.31 Å². The number of nitrogens with two attached hydrogens (primary N) is 1. The topological polar surface area (TPSA) is 90.5 Å². The Morgan fingerprint density at radius 2 is 1.71 bits per heavy atom. The minimum Gasteiger partial charge on any atom is -0.370 e. The lowest BCUT2D eigenvalue weighted by Crippen LogP contribution is -2.52. The molecule has 21 heavy (non-hydrogen) atoms. The zero-order valence-corrected chi connectivity index (χ0v) is 15.3. The Morgan fingerprint density at radius 3 is 2.19 bits per heavy atom. The normalized spacial score (nSPS) is 16.4. The second kappa shape index (κ2) is 6.93. The molecule has 1 heterocycles. The van der Waals surface area contributed by atoms with Gasteiger partial charge in [0.2, 0.25) is 10.0 Å². The van der Waals surface area contributed by atoms with Gasteiger partial charge in [0.05, 0.1) is 4.90 Å². The molecule has 0 aliphatic carbocycles. The van der Waals surface area contributed by atoms with E-state index in [0.29, 0.717) is 31.1 Å². The monoisotopic (exact) mass is 424 g/mol. The van der Waals surface area contributed by atoms with Gasteiger partial charge in [-0.05, 0) is 37.1 Å². The van der Waals surface area contributed by atoms with Gasteiger partial charge < -0.3 is 10.6 Å². The van der Waals surface area contributed by atoms with E-state index >= 15 is 0 Å². The van der Waals surface area contributed by atoms with Crippen LogP contribution >= 0.6 is 24.0 Å². The molecule has 1 saturated heterocycles. The van der Waals surface area contributed by atoms with Crippen molar-refractivity contribution in [3.8, 4) is 0 Å². The molecule has 0 unspecified atom stereocenters. The molecular weight excluding hydrogens is 403 g/mol. The van der Waals surface area contributed by atoms with Crippen LogP contribution in [0.4, 0.5) is 0 Å². The standard InChI is InChI=1S/C13H20N4O2S.HI/c1-10-3-4-12(9-11(10)2)20(18,19)17-7-5-16(6-8-17)13(14)15;/h3-4,9H,5-8H2,1-2H3,(H3,14,15);1H. The Morgan fingerprint density at radius 1 is 1.14 bits per heavy atom. The Kier molecular flexibility index (Phi) is 6.00. The molecule has 1 aliphatic heterocycles. The third kappa shape index (κ3) is 3.86. The molecule has 0 saturated carbocycles. The van der Waals surface area contributed by atoms with Gasteiger partial charge in [-0.3, -0.25) is 5.41 Å². The zero-order valence-electron chi connectivity index (χ0n) is 12.2. The predicted molar refractivity (Wildman–Crippen MR) is 93.6 cm³/mol. The summed E-state index contributed by atoms with van der Waals surface area (Å²) in [7, 11) is -3.46. The van der Waals surface area contributed by atoms with Crippen LogP contribution in [0, 0.1) is 19.3 Å². The van der Waals surface area contributed by atoms with Crippen LogP contribution < -0.4 is 5.73 Å². The lowest BCUT2D eigenvalue weighted by Gasteiger charge is -2.34. The summed E-state index contributed by atoms with van der Waals surface area (Å²) in [6.07, 6.45) is 0. The molecule has 1 aromatic rings. The highest BCUT2D eigenvalue weighted by Gasteiger charge is 2.28. The SMILES string of the molecule is Cc1ccc(S(=O)(=O)N2CCN(C(=N)N)CC2)cc1C.I. The van der Waals surface area contributed by atoms with Gasteiger partial charge >= 0.3 is 0 Å². The molecule has 0 atom stereocenters. The Bertz CT molecular complexity index is 625. The summed E-state index contributed by atoms with van der Waals surface area (Å²) in [5.41, 5.74) is 7.45. The van der Waals surface area contributed by atoms with Gasteiger partial charge in [-0.1, -0.05) is 6.07 Å². The fraction of sp³-hybridized carbons (Fsp3) is 0.462. The van der Waals surface area contributed by atoms with Gasteiger partial charge in [-0.15, -0.1) is 24.0 Å². The molecular formula is C13H21IN4O2S. The minimum atomic E-state index is -3.46. The number of sulfonamides is 1. The first-order valence-corrected chi connectivity index (χ1v) is 7.93. The number of hydrogen-bond acceptors (Lipinski definition) is 3. The molecule has 6 nitrogen and oxygen atoms in total. The third-order valence-electron chi connectivity index (χ3n) is 3.70. The second-order valence-corrected chi connectivity index (χ2v) is 6.96. The van der Waals surface area contributed by atoms with Crippen LogP contribution in [0.3, 0.4) is 0 Å². The largest absolute Gasteiger partial charge is 0.370 e. The lowest BCUT2D eigenvalue weighted by atomic mass is 10.1. The molecule has 0 amide bonds. The Labute approximate surface area is 142 Å². The van der Waals surface area contributed by atoms with Crippen molar-refractivity contribution in [3.63, 3.8) is 0 Å². The third-order valence-corrected chi connectivity index (χ3v) is 5.59. The molecule has 3 N–H and O–H groups in total. The van der Waals surface area contributed by atoms with Crippen LogP contribution in [0.25, 0.3) is 0 Å². The molecule has 1 aromatic carbocycles.